The molecular weight excluding hydrogens is 536 g/mol. The Balaban J connectivity index is 1.57. The molecule has 0 bridgehead atoms. The van der Waals surface area contributed by atoms with Crippen molar-refractivity contribution in [3.8, 4) is 0 Å². The summed E-state index contributed by atoms with van der Waals surface area (Å²) < 4.78 is 0. The second kappa shape index (κ2) is 12.4. The topological polar surface area (TPSA) is 109 Å². The zero-order chi connectivity index (χ0) is 29.6. The van der Waals surface area contributed by atoms with Crippen molar-refractivity contribution in [2.75, 3.05) is 11.5 Å². The number of rotatable bonds is 12. The molecule has 4 aromatic carbocycles. The van der Waals surface area contributed by atoms with Gasteiger partial charge in [-0.05, 0) is 37.1 Å². The maximum atomic E-state index is 13.0. The van der Waals surface area contributed by atoms with Gasteiger partial charge in [0.05, 0.1) is 10.8 Å². The molecule has 0 aliphatic carbocycles. The number of aliphatic carboxylic acids is 2. The number of carboxylic acids is 2. The Hall–Kier alpha value is -4.49. The van der Waals surface area contributed by atoms with Gasteiger partial charge < -0.3 is 10.2 Å². The summed E-state index contributed by atoms with van der Waals surface area (Å²) >= 11 is 1.20. The van der Waals surface area contributed by atoms with Gasteiger partial charge in [-0.3, -0.25) is 19.2 Å². The lowest BCUT2D eigenvalue weighted by Crippen LogP contribution is -2.39. The number of benzene rings is 4. The molecule has 2 atom stereocenters. The first-order chi connectivity index (χ1) is 19.6. The lowest BCUT2D eigenvalue weighted by Gasteiger charge is -2.29. The van der Waals surface area contributed by atoms with Crippen LogP contribution in [0.3, 0.4) is 0 Å². The molecule has 208 valence electrons. The van der Waals surface area contributed by atoms with E-state index in [0.717, 1.165) is 0 Å². The van der Waals surface area contributed by atoms with E-state index >= 15 is 0 Å². The molecule has 41 heavy (non-hydrogen) atoms. The Labute approximate surface area is 243 Å². The Bertz CT molecular complexity index is 1460. The largest absolute Gasteiger partial charge is 0.481 e. The smallest absolute Gasteiger partial charge is 0.314 e. The average Bonchev–Trinajstić information content (AvgIpc) is 3.00. The predicted octanol–water partition coefficient (Wildman–Crippen LogP) is 6.27. The van der Waals surface area contributed by atoms with Gasteiger partial charge in [0, 0.05) is 33.8 Å². The predicted molar refractivity (Wildman–Crippen MR) is 160 cm³/mol. The van der Waals surface area contributed by atoms with Crippen LogP contribution in [0.1, 0.15) is 56.8 Å². The van der Waals surface area contributed by atoms with Crippen LogP contribution in [-0.4, -0.2) is 45.2 Å². The van der Waals surface area contributed by atoms with Crippen LogP contribution in [0.4, 0.5) is 0 Å². The molecule has 0 saturated heterocycles. The third-order valence-corrected chi connectivity index (χ3v) is 8.88. The average molecular weight is 567 g/mol. The molecule has 0 heterocycles. The molecule has 7 heteroatoms. The van der Waals surface area contributed by atoms with E-state index in [-0.39, 0.29) is 23.1 Å². The zero-order valence-corrected chi connectivity index (χ0v) is 23.6. The Morgan fingerprint density at radius 1 is 0.537 bits per heavy atom. The highest BCUT2D eigenvalue weighted by molar-refractivity contribution is 7.99. The summed E-state index contributed by atoms with van der Waals surface area (Å²) in [6, 6.07) is 30.7. The molecule has 0 aliphatic heterocycles. The van der Waals surface area contributed by atoms with E-state index in [9.17, 15) is 29.4 Å². The van der Waals surface area contributed by atoms with E-state index in [4.69, 9.17) is 0 Å². The van der Waals surface area contributed by atoms with E-state index in [1.165, 1.54) is 11.8 Å². The van der Waals surface area contributed by atoms with Crippen molar-refractivity contribution in [2.45, 2.75) is 24.7 Å². The molecule has 0 spiro atoms. The first-order valence-corrected chi connectivity index (χ1v) is 14.2. The van der Waals surface area contributed by atoms with Crippen LogP contribution in [0, 0.1) is 0 Å². The molecule has 0 aromatic heterocycles. The fourth-order valence-electron chi connectivity index (χ4n) is 4.52. The van der Waals surface area contributed by atoms with Crippen LogP contribution in [0.2, 0.25) is 0 Å². The Morgan fingerprint density at radius 3 is 1.22 bits per heavy atom. The van der Waals surface area contributed by atoms with Crippen LogP contribution < -0.4 is 0 Å². The lowest BCUT2D eigenvalue weighted by molar-refractivity contribution is -0.143. The highest BCUT2D eigenvalue weighted by atomic mass is 32.2. The fraction of sp³-hybridized carbons (Fsp3) is 0.176. The van der Waals surface area contributed by atoms with Crippen molar-refractivity contribution in [1.82, 2.24) is 0 Å². The number of hydrogen-bond acceptors (Lipinski definition) is 5. The zero-order valence-electron chi connectivity index (χ0n) is 22.7. The van der Waals surface area contributed by atoms with Crippen LogP contribution in [-0.2, 0) is 20.4 Å². The molecule has 0 fully saturated rings. The summed E-state index contributed by atoms with van der Waals surface area (Å²) in [7, 11) is 0. The molecule has 0 amide bonds. The number of ketones is 2. The van der Waals surface area contributed by atoms with E-state index in [1.807, 2.05) is 12.1 Å². The van der Waals surface area contributed by atoms with Crippen LogP contribution in [0.15, 0.2) is 109 Å². The minimum Gasteiger partial charge on any atom is -0.481 e. The van der Waals surface area contributed by atoms with Crippen molar-refractivity contribution in [1.29, 1.82) is 0 Å². The standard InChI is InChI=1S/C34H30O6S/c1-33(31(37)38,27-17-9-15-25(19-27)29(35)23-11-5-3-6-12-23)21-41-22-34(2,32(39)40)28-18-10-16-26(20-28)30(36)24-13-7-4-8-14-24/h3-20H,21-22H2,1-2H3,(H,37,38)(H,39,40). The van der Waals surface area contributed by atoms with Crippen LogP contribution in [0.5, 0.6) is 0 Å². The summed E-state index contributed by atoms with van der Waals surface area (Å²) in [5.74, 6) is -2.45. The van der Waals surface area contributed by atoms with Crippen LogP contribution in [0.25, 0.3) is 0 Å². The Morgan fingerprint density at radius 2 is 0.878 bits per heavy atom. The summed E-state index contributed by atoms with van der Waals surface area (Å²) in [5.41, 5.74) is -0.117. The molecule has 4 rings (SSSR count). The van der Waals surface area contributed by atoms with E-state index in [2.05, 4.69) is 0 Å². The maximum Gasteiger partial charge on any atom is 0.314 e. The monoisotopic (exact) mass is 566 g/mol. The summed E-state index contributed by atoms with van der Waals surface area (Å²) in [4.78, 5) is 51.1. The molecule has 2 unspecified atom stereocenters. The highest BCUT2D eigenvalue weighted by Gasteiger charge is 2.40. The van der Waals surface area contributed by atoms with Gasteiger partial charge >= 0.3 is 11.9 Å². The highest BCUT2D eigenvalue weighted by Crippen LogP contribution is 2.35. The quantitative estimate of drug-likeness (QED) is 0.195. The number of hydrogen-bond donors (Lipinski definition) is 2. The van der Waals surface area contributed by atoms with E-state index in [1.54, 1.807) is 111 Å². The van der Waals surface area contributed by atoms with E-state index < -0.39 is 22.8 Å². The number of carboxylic acid groups (broad SMARTS) is 2. The summed E-state index contributed by atoms with van der Waals surface area (Å²) in [6.07, 6.45) is 0. The second-order valence-electron chi connectivity index (χ2n) is 10.3. The maximum absolute atomic E-state index is 13.0. The number of carbonyl (C=O) groups excluding carboxylic acids is 2. The molecule has 6 nitrogen and oxygen atoms in total. The van der Waals surface area contributed by atoms with Crippen LogP contribution >= 0.6 is 11.8 Å². The number of thioether (sulfide) groups is 1. The van der Waals surface area contributed by atoms with Crippen molar-refractivity contribution in [3.05, 3.63) is 143 Å². The van der Waals surface area contributed by atoms with Gasteiger partial charge in [0.25, 0.3) is 0 Å². The molecule has 2 N–H and O–H groups in total. The van der Waals surface area contributed by atoms with Crippen molar-refractivity contribution in [3.63, 3.8) is 0 Å². The fourth-order valence-corrected chi connectivity index (χ4v) is 6.01. The molecular formula is C34H30O6S. The van der Waals surface area contributed by atoms with Gasteiger partial charge in [-0.25, -0.2) is 0 Å². The molecule has 0 radical (unpaired) electrons. The number of carbonyl (C=O) groups is 4. The summed E-state index contributed by atoms with van der Waals surface area (Å²) in [6.45, 7) is 3.15. The summed E-state index contributed by atoms with van der Waals surface area (Å²) in [5, 5.41) is 20.5. The Kier molecular flexibility index (Phi) is 8.89. The van der Waals surface area contributed by atoms with Crippen molar-refractivity contribution < 1.29 is 29.4 Å². The first-order valence-electron chi connectivity index (χ1n) is 13.0. The minimum absolute atomic E-state index is 0.0663. The van der Waals surface area contributed by atoms with E-state index in [0.29, 0.717) is 33.4 Å². The van der Waals surface area contributed by atoms with Gasteiger partial charge in [0.15, 0.2) is 11.6 Å². The van der Waals surface area contributed by atoms with Crippen molar-refractivity contribution >= 4 is 35.3 Å². The molecule has 0 saturated carbocycles. The van der Waals surface area contributed by atoms with Gasteiger partial charge in [0.1, 0.15) is 0 Å². The third kappa shape index (κ3) is 6.31. The minimum atomic E-state index is -1.39. The normalized spacial score (nSPS) is 13.9. The lowest BCUT2D eigenvalue weighted by atomic mass is 9.83. The van der Waals surface area contributed by atoms with Gasteiger partial charge in [-0.2, -0.15) is 11.8 Å². The molecule has 0 aliphatic rings. The third-order valence-electron chi connectivity index (χ3n) is 7.32. The van der Waals surface area contributed by atoms with Gasteiger partial charge in [-0.15, -0.1) is 0 Å². The first kappa shape index (κ1) is 29.5. The molecule has 4 aromatic rings. The van der Waals surface area contributed by atoms with Gasteiger partial charge in [-0.1, -0.05) is 97.1 Å². The SMILES string of the molecule is CC(CSCC(C)(C(=O)O)c1cccc(C(=O)c2ccccc2)c1)(C(=O)O)c1cccc(C(=O)c2ccccc2)c1. The second-order valence-corrected chi connectivity index (χ2v) is 11.3. The van der Waals surface area contributed by atoms with Crippen molar-refractivity contribution in [2.24, 2.45) is 0 Å². The van der Waals surface area contributed by atoms with Gasteiger partial charge in [0.2, 0.25) is 0 Å².